The van der Waals surface area contributed by atoms with Gasteiger partial charge in [-0.15, -0.1) is 0 Å². The molecular weight excluding hydrogens is 309 g/mol. The average molecular weight is 330 g/mol. The second-order valence-corrected chi connectivity index (χ2v) is 6.44. The third-order valence-corrected chi connectivity index (χ3v) is 4.77. The second kappa shape index (κ2) is 7.34. The monoisotopic (exact) mass is 329 g/mol. The summed E-state index contributed by atoms with van der Waals surface area (Å²) >= 11 is 12.0. The molecule has 1 aromatic rings. The van der Waals surface area contributed by atoms with Crippen molar-refractivity contribution in [1.29, 1.82) is 0 Å². The van der Waals surface area contributed by atoms with Crippen LogP contribution in [0.1, 0.15) is 29.6 Å². The molecule has 0 spiro atoms. The highest BCUT2D eigenvalue weighted by molar-refractivity contribution is 6.44. The van der Waals surface area contributed by atoms with Gasteiger partial charge >= 0.3 is 0 Å². The van der Waals surface area contributed by atoms with Gasteiger partial charge in [0.1, 0.15) is 0 Å². The van der Waals surface area contributed by atoms with Gasteiger partial charge in [0.25, 0.3) is 5.91 Å². The fraction of sp³-hybridized carbons (Fsp3) is 0.533. The number of nitrogens with two attached hydrogens (primary N) is 1. The lowest BCUT2D eigenvalue weighted by Crippen LogP contribution is -2.32. The van der Waals surface area contributed by atoms with Crippen molar-refractivity contribution in [3.63, 3.8) is 0 Å². The van der Waals surface area contributed by atoms with E-state index in [9.17, 15) is 4.79 Å². The Hall–Kier alpha value is -0.970. The van der Waals surface area contributed by atoms with Gasteiger partial charge in [0, 0.05) is 12.2 Å². The Morgan fingerprint density at radius 3 is 2.71 bits per heavy atom. The first kappa shape index (κ1) is 16.4. The van der Waals surface area contributed by atoms with Crippen LogP contribution >= 0.6 is 23.2 Å². The Bertz CT molecular complexity index is 514. The molecule has 1 heterocycles. The first-order chi connectivity index (χ1) is 9.97. The Labute approximate surface area is 135 Å². The van der Waals surface area contributed by atoms with Crippen molar-refractivity contribution in [3.8, 4) is 0 Å². The van der Waals surface area contributed by atoms with E-state index in [2.05, 4.69) is 17.3 Å². The number of anilines is 1. The van der Waals surface area contributed by atoms with Gasteiger partial charge in [-0.1, -0.05) is 23.2 Å². The van der Waals surface area contributed by atoms with E-state index in [4.69, 9.17) is 28.9 Å². The number of likely N-dealkylation sites (tertiary alicyclic amines) is 1. The Morgan fingerprint density at radius 1 is 1.38 bits per heavy atom. The van der Waals surface area contributed by atoms with Crippen molar-refractivity contribution < 1.29 is 4.79 Å². The minimum Gasteiger partial charge on any atom is -0.399 e. The van der Waals surface area contributed by atoms with Crippen LogP contribution in [0.25, 0.3) is 0 Å². The molecule has 3 N–H and O–H groups in total. The van der Waals surface area contributed by atoms with E-state index in [1.165, 1.54) is 12.8 Å². The van der Waals surface area contributed by atoms with Crippen LogP contribution in [0.15, 0.2) is 12.1 Å². The molecule has 6 heteroatoms. The normalized spacial score (nSPS) is 16.9. The number of benzene rings is 1. The van der Waals surface area contributed by atoms with Crippen LogP contribution in [-0.4, -0.2) is 37.5 Å². The van der Waals surface area contributed by atoms with Gasteiger partial charge < -0.3 is 16.0 Å². The van der Waals surface area contributed by atoms with Gasteiger partial charge in [0.2, 0.25) is 0 Å². The van der Waals surface area contributed by atoms with Gasteiger partial charge in [-0.3, -0.25) is 4.79 Å². The zero-order chi connectivity index (χ0) is 15.4. The molecular formula is C15H21Cl2N3O. The van der Waals surface area contributed by atoms with Crippen molar-refractivity contribution in [2.75, 3.05) is 32.4 Å². The first-order valence-electron chi connectivity index (χ1n) is 7.18. The van der Waals surface area contributed by atoms with Crippen molar-refractivity contribution in [2.45, 2.75) is 19.3 Å². The molecule has 0 bridgehead atoms. The third kappa shape index (κ3) is 4.50. The lowest BCUT2D eigenvalue weighted by molar-refractivity contribution is 0.0949. The van der Waals surface area contributed by atoms with Gasteiger partial charge in [0.05, 0.1) is 15.6 Å². The van der Waals surface area contributed by atoms with Gasteiger partial charge in [-0.05, 0) is 57.5 Å². The van der Waals surface area contributed by atoms with Crippen LogP contribution in [0.5, 0.6) is 0 Å². The maximum Gasteiger partial charge on any atom is 0.252 e. The largest absolute Gasteiger partial charge is 0.399 e. The van der Waals surface area contributed by atoms with Crippen molar-refractivity contribution in [2.24, 2.45) is 5.92 Å². The fourth-order valence-corrected chi connectivity index (χ4v) is 3.03. The molecule has 2 rings (SSSR count). The number of amides is 1. The number of rotatable bonds is 4. The molecule has 0 unspecified atom stereocenters. The average Bonchev–Trinajstić information content (AvgIpc) is 2.44. The van der Waals surface area contributed by atoms with Crippen LogP contribution in [0.2, 0.25) is 10.0 Å². The number of nitrogens with one attached hydrogen (secondary N) is 1. The summed E-state index contributed by atoms with van der Waals surface area (Å²) in [7, 11) is 2.14. The quantitative estimate of drug-likeness (QED) is 0.835. The molecule has 0 aromatic heterocycles. The highest BCUT2D eigenvalue weighted by Gasteiger charge is 2.18. The summed E-state index contributed by atoms with van der Waals surface area (Å²) < 4.78 is 0. The predicted octanol–water partition coefficient (Wildman–Crippen LogP) is 3.04. The van der Waals surface area contributed by atoms with Crippen LogP contribution in [-0.2, 0) is 0 Å². The number of halogens is 2. The SMILES string of the molecule is CN1CCC(CCNC(=O)c2cc(N)cc(Cl)c2Cl)CC1. The zero-order valence-corrected chi connectivity index (χ0v) is 13.7. The molecule has 1 amide bonds. The molecule has 0 aliphatic carbocycles. The lowest BCUT2D eigenvalue weighted by Gasteiger charge is -2.28. The van der Waals surface area contributed by atoms with Crippen molar-refractivity contribution >= 4 is 34.8 Å². The number of nitrogens with zero attached hydrogens (tertiary/aromatic N) is 1. The molecule has 1 fully saturated rings. The minimum absolute atomic E-state index is 0.220. The highest BCUT2D eigenvalue weighted by Crippen LogP contribution is 2.28. The molecule has 21 heavy (non-hydrogen) atoms. The predicted molar refractivity (Wildman–Crippen MR) is 88.0 cm³/mol. The maximum atomic E-state index is 12.1. The van der Waals surface area contributed by atoms with Gasteiger partial charge in [-0.25, -0.2) is 0 Å². The van der Waals surface area contributed by atoms with E-state index in [1.54, 1.807) is 12.1 Å². The molecule has 1 aromatic carbocycles. The summed E-state index contributed by atoms with van der Waals surface area (Å²) in [4.78, 5) is 14.5. The Morgan fingerprint density at radius 2 is 2.05 bits per heavy atom. The van der Waals surface area contributed by atoms with Crippen LogP contribution < -0.4 is 11.1 Å². The second-order valence-electron chi connectivity index (χ2n) is 5.66. The number of piperidine rings is 1. The van der Waals surface area contributed by atoms with Crippen LogP contribution in [0.4, 0.5) is 5.69 Å². The molecule has 0 radical (unpaired) electrons. The third-order valence-electron chi connectivity index (χ3n) is 3.97. The highest BCUT2D eigenvalue weighted by atomic mass is 35.5. The summed E-state index contributed by atoms with van der Waals surface area (Å²) in [5.41, 5.74) is 6.47. The summed E-state index contributed by atoms with van der Waals surface area (Å²) in [6.07, 6.45) is 3.38. The minimum atomic E-state index is -0.220. The maximum absolute atomic E-state index is 12.1. The first-order valence-corrected chi connectivity index (χ1v) is 7.94. The fourth-order valence-electron chi connectivity index (χ4n) is 2.61. The number of carbonyl (C=O) groups is 1. The van der Waals surface area contributed by atoms with Crippen molar-refractivity contribution in [3.05, 3.63) is 27.7 Å². The molecule has 116 valence electrons. The number of nitrogen functional groups attached to an aromatic ring is 1. The summed E-state index contributed by atoms with van der Waals surface area (Å²) in [6, 6.07) is 3.10. The van der Waals surface area contributed by atoms with Gasteiger partial charge in [-0.2, -0.15) is 0 Å². The molecule has 1 aliphatic rings. The zero-order valence-electron chi connectivity index (χ0n) is 12.2. The Kier molecular flexibility index (Phi) is 5.73. The van der Waals surface area contributed by atoms with E-state index in [0.29, 0.717) is 28.7 Å². The van der Waals surface area contributed by atoms with E-state index in [-0.39, 0.29) is 10.9 Å². The summed E-state index contributed by atoms with van der Waals surface area (Å²) in [6.45, 7) is 2.92. The van der Waals surface area contributed by atoms with Gasteiger partial charge in [0.15, 0.2) is 0 Å². The van der Waals surface area contributed by atoms with E-state index < -0.39 is 0 Å². The smallest absolute Gasteiger partial charge is 0.252 e. The lowest BCUT2D eigenvalue weighted by atomic mass is 9.94. The molecule has 1 aliphatic heterocycles. The standard InChI is InChI=1S/C15H21Cl2N3O/c1-20-6-3-10(4-7-20)2-5-19-15(21)12-8-11(18)9-13(16)14(12)17/h8-10H,2-7,18H2,1H3,(H,19,21). The van der Waals surface area contributed by atoms with Crippen LogP contribution in [0.3, 0.4) is 0 Å². The van der Waals surface area contributed by atoms with E-state index >= 15 is 0 Å². The van der Waals surface area contributed by atoms with Crippen LogP contribution in [0, 0.1) is 5.92 Å². The summed E-state index contributed by atoms with van der Waals surface area (Å²) in [5, 5.41) is 3.46. The molecule has 0 saturated carbocycles. The topological polar surface area (TPSA) is 58.4 Å². The summed E-state index contributed by atoms with van der Waals surface area (Å²) in [5.74, 6) is 0.462. The van der Waals surface area contributed by atoms with Crippen molar-refractivity contribution in [1.82, 2.24) is 10.2 Å². The number of hydrogen-bond acceptors (Lipinski definition) is 3. The van der Waals surface area contributed by atoms with E-state index in [1.807, 2.05) is 0 Å². The molecule has 1 saturated heterocycles. The number of carbonyl (C=O) groups excluding carboxylic acids is 1. The molecule has 0 atom stereocenters. The number of hydrogen-bond donors (Lipinski definition) is 2. The molecule has 4 nitrogen and oxygen atoms in total. The Balaban J connectivity index is 1.85. The van der Waals surface area contributed by atoms with E-state index in [0.717, 1.165) is 19.5 Å².